The molecular formula is C13H17N3O2. The van der Waals surface area contributed by atoms with E-state index in [0.29, 0.717) is 6.42 Å². The monoisotopic (exact) mass is 247 g/mol. The molecule has 0 radical (unpaired) electrons. The van der Waals surface area contributed by atoms with E-state index in [-0.39, 0.29) is 11.8 Å². The lowest BCUT2D eigenvalue weighted by molar-refractivity contribution is -0.136. The fourth-order valence-electron chi connectivity index (χ4n) is 1.71. The third kappa shape index (κ3) is 2.67. The highest BCUT2D eigenvalue weighted by molar-refractivity contribution is 5.67. The lowest BCUT2D eigenvalue weighted by Crippen LogP contribution is -2.13. The molecule has 18 heavy (non-hydrogen) atoms. The zero-order valence-electron chi connectivity index (χ0n) is 10.8. The van der Waals surface area contributed by atoms with Gasteiger partial charge in [-0.1, -0.05) is 20.8 Å². The number of carbonyl (C=O) groups is 1. The molecule has 0 unspecified atom stereocenters. The van der Waals surface area contributed by atoms with Crippen molar-refractivity contribution in [2.75, 3.05) is 0 Å². The summed E-state index contributed by atoms with van der Waals surface area (Å²) in [7, 11) is 0. The second-order valence-corrected chi connectivity index (χ2v) is 5.42. The van der Waals surface area contributed by atoms with Crippen molar-refractivity contribution in [2.45, 2.75) is 39.0 Å². The maximum Gasteiger partial charge on any atom is 0.303 e. The van der Waals surface area contributed by atoms with Gasteiger partial charge < -0.3 is 5.11 Å². The second-order valence-electron chi connectivity index (χ2n) is 5.42. The van der Waals surface area contributed by atoms with Gasteiger partial charge in [-0.15, -0.1) is 0 Å². The number of imidazole rings is 1. The molecule has 2 aromatic rings. The largest absolute Gasteiger partial charge is 0.481 e. The molecule has 0 amide bonds. The molecule has 2 rings (SSSR count). The molecule has 0 aliphatic carbocycles. The van der Waals surface area contributed by atoms with Gasteiger partial charge in [0.25, 0.3) is 0 Å². The Bertz CT molecular complexity index is 581. The summed E-state index contributed by atoms with van der Waals surface area (Å²) in [6, 6.07) is 1.95. The number of hydrogen-bond donors (Lipinski definition) is 1. The Morgan fingerprint density at radius 1 is 1.44 bits per heavy atom. The number of hydrogen-bond acceptors (Lipinski definition) is 3. The van der Waals surface area contributed by atoms with Gasteiger partial charge in [0.1, 0.15) is 12.0 Å². The average molecular weight is 247 g/mol. The van der Waals surface area contributed by atoms with Crippen molar-refractivity contribution < 1.29 is 9.90 Å². The van der Waals surface area contributed by atoms with Crippen LogP contribution in [-0.4, -0.2) is 25.4 Å². The topological polar surface area (TPSA) is 67.5 Å². The van der Waals surface area contributed by atoms with Gasteiger partial charge in [-0.3, -0.25) is 9.20 Å². The van der Waals surface area contributed by atoms with E-state index in [1.165, 1.54) is 0 Å². The number of carboxylic acid groups (broad SMARTS) is 1. The van der Waals surface area contributed by atoms with E-state index in [2.05, 4.69) is 30.7 Å². The molecular weight excluding hydrogens is 230 g/mol. The van der Waals surface area contributed by atoms with Gasteiger partial charge in [-0.2, -0.15) is 0 Å². The molecule has 96 valence electrons. The van der Waals surface area contributed by atoms with Crippen molar-refractivity contribution in [3.05, 3.63) is 30.0 Å². The fourth-order valence-corrected chi connectivity index (χ4v) is 1.71. The minimum atomic E-state index is -0.805. The maximum atomic E-state index is 10.5. The predicted molar refractivity (Wildman–Crippen MR) is 67.6 cm³/mol. The smallest absolute Gasteiger partial charge is 0.303 e. The van der Waals surface area contributed by atoms with E-state index in [4.69, 9.17) is 5.11 Å². The summed E-state index contributed by atoms with van der Waals surface area (Å²) in [6.45, 7) is 6.29. The molecule has 0 aliphatic rings. The summed E-state index contributed by atoms with van der Waals surface area (Å²) in [6.07, 6.45) is 4.11. The van der Waals surface area contributed by atoms with Crippen molar-refractivity contribution >= 4 is 11.6 Å². The number of aryl methyl sites for hydroxylation is 1. The van der Waals surface area contributed by atoms with Gasteiger partial charge in [-0.25, -0.2) is 9.97 Å². The minimum Gasteiger partial charge on any atom is -0.481 e. The fraction of sp³-hybridized carbons (Fsp3) is 0.462. The molecule has 0 saturated carbocycles. The van der Waals surface area contributed by atoms with Gasteiger partial charge in [0.2, 0.25) is 0 Å². The Morgan fingerprint density at radius 2 is 2.17 bits per heavy atom. The average Bonchev–Trinajstić information content (AvgIpc) is 2.66. The van der Waals surface area contributed by atoms with Gasteiger partial charge in [0.05, 0.1) is 17.8 Å². The third-order valence-corrected chi connectivity index (χ3v) is 2.76. The Balaban J connectivity index is 2.31. The quantitative estimate of drug-likeness (QED) is 0.901. The van der Waals surface area contributed by atoms with Crippen LogP contribution in [0.3, 0.4) is 0 Å². The van der Waals surface area contributed by atoms with E-state index in [1.807, 2.05) is 16.7 Å². The summed E-state index contributed by atoms with van der Waals surface area (Å²) in [5.41, 5.74) is 2.56. The first kappa shape index (κ1) is 12.5. The van der Waals surface area contributed by atoms with Gasteiger partial charge >= 0.3 is 5.97 Å². The van der Waals surface area contributed by atoms with E-state index in [0.717, 1.165) is 17.0 Å². The van der Waals surface area contributed by atoms with E-state index in [9.17, 15) is 4.79 Å². The Labute approximate surface area is 105 Å². The van der Waals surface area contributed by atoms with Crippen LogP contribution in [0.1, 0.15) is 38.6 Å². The summed E-state index contributed by atoms with van der Waals surface area (Å²) in [4.78, 5) is 19.3. The highest BCUT2D eigenvalue weighted by Gasteiger charge is 2.16. The number of fused-ring (bicyclic) bond motifs is 1. The first-order valence-electron chi connectivity index (χ1n) is 5.92. The first-order chi connectivity index (χ1) is 8.36. The van der Waals surface area contributed by atoms with E-state index in [1.54, 1.807) is 6.33 Å². The van der Waals surface area contributed by atoms with E-state index < -0.39 is 5.97 Å². The number of rotatable bonds is 3. The molecule has 0 fully saturated rings. The summed E-state index contributed by atoms with van der Waals surface area (Å²) >= 11 is 0. The molecule has 0 aromatic carbocycles. The number of aliphatic carboxylic acids is 1. The zero-order chi connectivity index (χ0) is 13.3. The Kier molecular flexibility index (Phi) is 3.07. The van der Waals surface area contributed by atoms with Gasteiger partial charge in [0.15, 0.2) is 0 Å². The van der Waals surface area contributed by atoms with Crippen molar-refractivity contribution in [3.63, 3.8) is 0 Å². The van der Waals surface area contributed by atoms with Gasteiger partial charge in [-0.05, 0) is 0 Å². The highest BCUT2D eigenvalue weighted by Crippen LogP contribution is 2.20. The molecule has 0 saturated heterocycles. The minimum absolute atomic E-state index is 0.0189. The normalized spacial score (nSPS) is 11.9. The van der Waals surface area contributed by atoms with Crippen LogP contribution in [-0.2, 0) is 16.6 Å². The molecule has 5 nitrogen and oxygen atoms in total. The van der Waals surface area contributed by atoms with Crippen LogP contribution < -0.4 is 0 Å². The predicted octanol–water partition coefficient (Wildman–Crippen LogP) is 2.04. The summed E-state index contributed by atoms with van der Waals surface area (Å²) in [5.74, 6) is -0.805. The van der Waals surface area contributed by atoms with Crippen LogP contribution in [0.4, 0.5) is 0 Å². The third-order valence-electron chi connectivity index (χ3n) is 2.76. The van der Waals surface area contributed by atoms with Crippen molar-refractivity contribution in [2.24, 2.45) is 0 Å². The Hall–Kier alpha value is -1.91. The zero-order valence-corrected chi connectivity index (χ0v) is 10.8. The van der Waals surface area contributed by atoms with Crippen LogP contribution in [0, 0.1) is 0 Å². The highest BCUT2D eigenvalue weighted by atomic mass is 16.4. The SMILES string of the molecule is CC(C)(C)c1cc2nc(CCC(=O)O)cn2cn1. The van der Waals surface area contributed by atoms with Crippen LogP contribution >= 0.6 is 0 Å². The van der Waals surface area contributed by atoms with Crippen molar-refractivity contribution in [1.82, 2.24) is 14.4 Å². The molecule has 5 heteroatoms. The molecule has 0 bridgehead atoms. The van der Waals surface area contributed by atoms with Crippen LogP contribution in [0.25, 0.3) is 5.65 Å². The second kappa shape index (κ2) is 4.40. The van der Waals surface area contributed by atoms with Crippen LogP contribution in [0.5, 0.6) is 0 Å². The van der Waals surface area contributed by atoms with Crippen LogP contribution in [0.15, 0.2) is 18.6 Å². The lowest BCUT2D eigenvalue weighted by Gasteiger charge is -2.16. The van der Waals surface area contributed by atoms with Gasteiger partial charge in [0, 0.05) is 24.1 Å². The summed E-state index contributed by atoms with van der Waals surface area (Å²) < 4.78 is 1.83. The molecule has 0 aliphatic heterocycles. The molecule has 2 aromatic heterocycles. The van der Waals surface area contributed by atoms with Crippen molar-refractivity contribution in [1.29, 1.82) is 0 Å². The molecule has 0 atom stereocenters. The van der Waals surface area contributed by atoms with E-state index >= 15 is 0 Å². The summed E-state index contributed by atoms with van der Waals surface area (Å²) in [5, 5.41) is 8.65. The maximum absolute atomic E-state index is 10.5. The first-order valence-corrected chi connectivity index (χ1v) is 5.92. The number of carboxylic acids is 1. The Morgan fingerprint density at radius 3 is 2.78 bits per heavy atom. The molecule has 1 N–H and O–H groups in total. The molecule has 0 spiro atoms. The lowest BCUT2D eigenvalue weighted by atomic mass is 9.92. The van der Waals surface area contributed by atoms with Crippen molar-refractivity contribution in [3.8, 4) is 0 Å². The molecule has 2 heterocycles. The number of aromatic nitrogens is 3. The number of nitrogens with zero attached hydrogens (tertiary/aromatic N) is 3. The van der Waals surface area contributed by atoms with Crippen LogP contribution in [0.2, 0.25) is 0 Å². The standard InChI is InChI=1S/C13H17N3O2/c1-13(2,3)10-6-11-15-9(4-5-12(17)18)7-16(11)8-14-10/h6-8H,4-5H2,1-3H3,(H,17,18).